The van der Waals surface area contributed by atoms with Gasteiger partial charge in [0.1, 0.15) is 0 Å². The van der Waals surface area contributed by atoms with Crippen LogP contribution in [0.25, 0.3) is 0 Å². The molecule has 0 bridgehead atoms. The lowest BCUT2D eigenvalue weighted by atomic mass is 10.2. The molecule has 0 saturated carbocycles. The second-order valence-electron chi connectivity index (χ2n) is 2.58. The van der Waals surface area contributed by atoms with E-state index in [1.807, 2.05) is 12.1 Å². The molecule has 13 heavy (non-hydrogen) atoms. The maximum absolute atomic E-state index is 6.00. The van der Waals surface area contributed by atoms with Gasteiger partial charge in [-0.2, -0.15) is 0 Å². The molecule has 1 rings (SSSR count). The van der Waals surface area contributed by atoms with E-state index in [1.54, 1.807) is 6.07 Å². The van der Waals surface area contributed by atoms with Crippen molar-refractivity contribution in [3.8, 4) is 0 Å². The minimum absolute atomic E-state index is 0.621. The molecule has 72 valence electrons. The highest BCUT2D eigenvalue weighted by atomic mass is 127. The maximum Gasteiger partial charge on any atom is 0.0637 e. The van der Waals surface area contributed by atoms with E-state index >= 15 is 0 Å². The molecule has 1 N–H and O–H groups in total. The number of benzene rings is 1. The molecule has 0 aliphatic carbocycles. The first-order chi connectivity index (χ1) is 6.25. The van der Waals surface area contributed by atoms with E-state index in [1.165, 1.54) is 0 Å². The third-order valence-electron chi connectivity index (χ3n) is 1.62. The Morgan fingerprint density at radius 1 is 1.31 bits per heavy atom. The topological polar surface area (TPSA) is 12.0 Å². The summed E-state index contributed by atoms with van der Waals surface area (Å²) in [6.45, 7) is 1.77. The largest absolute Gasteiger partial charge is 0.312 e. The van der Waals surface area contributed by atoms with Gasteiger partial charge in [0.25, 0.3) is 0 Å². The Kier molecular flexibility index (Phi) is 5.39. The standard InChI is InChI=1S/C9H10Cl2IN/c10-8-3-1-2-7(9(8)11)6-13-5-4-12/h1-3,13H,4-6H2. The summed E-state index contributed by atoms with van der Waals surface area (Å²) < 4.78 is 1.09. The van der Waals surface area contributed by atoms with Crippen LogP contribution >= 0.6 is 45.8 Å². The number of alkyl halides is 1. The van der Waals surface area contributed by atoms with E-state index in [0.717, 1.165) is 23.1 Å². The van der Waals surface area contributed by atoms with Gasteiger partial charge in [-0.3, -0.25) is 0 Å². The maximum atomic E-state index is 6.00. The summed E-state index contributed by atoms with van der Waals surface area (Å²) in [5.41, 5.74) is 1.05. The molecular weight excluding hydrogens is 320 g/mol. The quantitative estimate of drug-likeness (QED) is 0.506. The van der Waals surface area contributed by atoms with E-state index in [0.29, 0.717) is 10.0 Å². The number of hydrogen-bond donors (Lipinski definition) is 1. The first kappa shape index (κ1) is 11.6. The molecule has 1 aromatic rings. The molecule has 0 amide bonds. The van der Waals surface area contributed by atoms with Crippen molar-refractivity contribution in [1.82, 2.24) is 5.32 Å². The molecule has 0 aromatic heterocycles. The van der Waals surface area contributed by atoms with Crippen molar-refractivity contribution >= 4 is 45.8 Å². The smallest absolute Gasteiger partial charge is 0.0637 e. The molecule has 0 unspecified atom stereocenters. The second-order valence-corrected chi connectivity index (χ2v) is 4.44. The summed E-state index contributed by atoms with van der Waals surface area (Å²) in [5, 5.41) is 4.55. The zero-order chi connectivity index (χ0) is 9.68. The van der Waals surface area contributed by atoms with Crippen molar-refractivity contribution in [2.75, 3.05) is 11.0 Å². The molecule has 1 aromatic carbocycles. The normalized spacial score (nSPS) is 10.4. The molecule has 0 heterocycles. The van der Waals surface area contributed by atoms with Crippen molar-refractivity contribution in [1.29, 1.82) is 0 Å². The summed E-state index contributed by atoms with van der Waals surface area (Å²) in [5.74, 6) is 0. The lowest BCUT2D eigenvalue weighted by Gasteiger charge is -2.05. The van der Waals surface area contributed by atoms with Gasteiger partial charge in [-0.25, -0.2) is 0 Å². The highest BCUT2D eigenvalue weighted by Gasteiger charge is 2.02. The van der Waals surface area contributed by atoms with Gasteiger partial charge >= 0.3 is 0 Å². The summed E-state index contributed by atoms with van der Waals surface area (Å²) >= 11 is 14.2. The third kappa shape index (κ3) is 3.62. The first-order valence-electron chi connectivity index (χ1n) is 3.95. The Balaban J connectivity index is 2.61. The van der Waals surface area contributed by atoms with E-state index < -0.39 is 0 Å². The molecule has 4 heteroatoms. The van der Waals surface area contributed by atoms with Gasteiger partial charge in [-0.1, -0.05) is 57.9 Å². The summed E-state index contributed by atoms with van der Waals surface area (Å²) in [7, 11) is 0. The zero-order valence-electron chi connectivity index (χ0n) is 6.99. The van der Waals surface area contributed by atoms with Crippen LogP contribution in [0.15, 0.2) is 18.2 Å². The predicted octanol–water partition coefficient (Wildman–Crippen LogP) is 3.52. The van der Waals surface area contributed by atoms with Gasteiger partial charge in [-0.05, 0) is 11.6 Å². The van der Waals surface area contributed by atoms with Crippen molar-refractivity contribution < 1.29 is 0 Å². The average molecular weight is 330 g/mol. The lowest BCUT2D eigenvalue weighted by Crippen LogP contribution is -2.15. The van der Waals surface area contributed by atoms with Crippen LogP contribution in [0.3, 0.4) is 0 Å². The van der Waals surface area contributed by atoms with Gasteiger partial charge < -0.3 is 5.32 Å². The number of halogens is 3. The number of nitrogens with one attached hydrogen (secondary N) is 1. The fourth-order valence-electron chi connectivity index (χ4n) is 0.975. The van der Waals surface area contributed by atoms with Crippen molar-refractivity contribution in [2.45, 2.75) is 6.54 Å². The van der Waals surface area contributed by atoms with E-state index in [4.69, 9.17) is 23.2 Å². The van der Waals surface area contributed by atoms with Crippen LogP contribution in [-0.4, -0.2) is 11.0 Å². The molecule has 0 fully saturated rings. The van der Waals surface area contributed by atoms with E-state index in [-0.39, 0.29) is 0 Å². The van der Waals surface area contributed by atoms with E-state index in [9.17, 15) is 0 Å². The second kappa shape index (κ2) is 6.06. The predicted molar refractivity (Wildman–Crippen MR) is 67.1 cm³/mol. The van der Waals surface area contributed by atoms with Crippen molar-refractivity contribution in [3.63, 3.8) is 0 Å². The molecule has 1 nitrogen and oxygen atoms in total. The minimum Gasteiger partial charge on any atom is -0.312 e. The molecule has 0 saturated heterocycles. The minimum atomic E-state index is 0.621. The Morgan fingerprint density at radius 2 is 2.08 bits per heavy atom. The molecule has 0 aliphatic heterocycles. The number of rotatable bonds is 4. The summed E-state index contributed by atoms with van der Waals surface area (Å²) in [6.07, 6.45) is 0. The van der Waals surface area contributed by atoms with Gasteiger partial charge in [0.2, 0.25) is 0 Å². The highest BCUT2D eigenvalue weighted by molar-refractivity contribution is 14.1. The highest BCUT2D eigenvalue weighted by Crippen LogP contribution is 2.25. The SMILES string of the molecule is Clc1cccc(CNCCI)c1Cl. The van der Waals surface area contributed by atoms with Crippen LogP contribution in [0.5, 0.6) is 0 Å². The fraction of sp³-hybridized carbons (Fsp3) is 0.333. The first-order valence-corrected chi connectivity index (χ1v) is 6.23. The van der Waals surface area contributed by atoms with Crippen LogP contribution in [0.2, 0.25) is 10.0 Å². The molecule has 0 aliphatic rings. The Morgan fingerprint density at radius 3 is 2.77 bits per heavy atom. The van der Waals surface area contributed by atoms with Crippen molar-refractivity contribution in [2.24, 2.45) is 0 Å². The molecule has 0 spiro atoms. The lowest BCUT2D eigenvalue weighted by molar-refractivity contribution is 0.737. The van der Waals surface area contributed by atoms with Gasteiger partial charge in [0, 0.05) is 17.5 Å². The van der Waals surface area contributed by atoms with Crippen LogP contribution in [-0.2, 0) is 6.54 Å². The van der Waals surface area contributed by atoms with Gasteiger partial charge in [0.15, 0.2) is 0 Å². The van der Waals surface area contributed by atoms with Crippen LogP contribution in [0, 0.1) is 0 Å². The van der Waals surface area contributed by atoms with Gasteiger partial charge in [0.05, 0.1) is 10.0 Å². The molecule has 0 atom stereocenters. The number of hydrogen-bond acceptors (Lipinski definition) is 1. The van der Waals surface area contributed by atoms with Gasteiger partial charge in [-0.15, -0.1) is 0 Å². The Labute approximate surface area is 102 Å². The fourth-order valence-corrected chi connectivity index (χ4v) is 1.74. The van der Waals surface area contributed by atoms with Crippen LogP contribution < -0.4 is 5.32 Å². The average Bonchev–Trinajstić information content (AvgIpc) is 2.13. The summed E-state index contributed by atoms with van der Waals surface area (Å²) in [6, 6.07) is 5.69. The summed E-state index contributed by atoms with van der Waals surface area (Å²) in [4.78, 5) is 0. The monoisotopic (exact) mass is 329 g/mol. The Hall–Kier alpha value is 0.490. The Bertz CT molecular complexity index is 278. The van der Waals surface area contributed by atoms with Crippen LogP contribution in [0.1, 0.15) is 5.56 Å². The van der Waals surface area contributed by atoms with Crippen molar-refractivity contribution in [3.05, 3.63) is 33.8 Å². The molecule has 0 radical (unpaired) electrons. The van der Waals surface area contributed by atoms with E-state index in [2.05, 4.69) is 27.9 Å². The molecular formula is C9H10Cl2IN. The van der Waals surface area contributed by atoms with Crippen LogP contribution in [0.4, 0.5) is 0 Å². The third-order valence-corrected chi connectivity index (χ3v) is 3.02. The zero-order valence-corrected chi connectivity index (χ0v) is 10.7.